The maximum Gasteiger partial charge on any atom is 0.476 e. The topological polar surface area (TPSA) is 140 Å². The van der Waals surface area contributed by atoms with Crippen LogP contribution >= 0.6 is 0 Å². The number of anilines is 2. The lowest BCUT2D eigenvalue weighted by atomic mass is 10.1. The maximum absolute atomic E-state index is 10.7. The number of hydrogen-bond donors (Lipinski definition) is 2. The predicted octanol–water partition coefficient (Wildman–Crippen LogP) is -0.695. The lowest BCUT2D eigenvalue weighted by molar-refractivity contribution is -0.852. The van der Waals surface area contributed by atoms with Gasteiger partial charge in [0.1, 0.15) is 0 Å². The zero-order valence-electron chi connectivity index (χ0n) is 11.1. The number of piperidine rings is 1. The van der Waals surface area contributed by atoms with E-state index >= 15 is 0 Å². The molecule has 2 rings (SSSR count). The molecule has 20 heavy (non-hydrogen) atoms. The van der Waals surface area contributed by atoms with Crippen molar-refractivity contribution < 1.29 is 27.5 Å². The van der Waals surface area contributed by atoms with Gasteiger partial charge in [-0.3, -0.25) is 4.55 Å². The van der Waals surface area contributed by atoms with Gasteiger partial charge in [0.15, 0.2) is 0 Å². The molecule has 1 aliphatic heterocycles. The van der Waals surface area contributed by atoms with Crippen LogP contribution in [-0.4, -0.2) is 36.5 Å². The Labute approximate surface area is 117 Å². The van der Waals surface area contributed by atoms with Crippen LogP contribution in [0.2, 0.25) is 0 Å². The van der Waals surface area contributed by atoms with Crippen LogP contribution in [-0.2, 0) is 10.4 Å². The first-order valence-electron chi connectivity index (χ1n) is 5.98. The van der Waals surface area contributed by atoms with Crippen molar-refractivity contribution in [2.75, 3.05) is 23.7 Å². The third kappa shape index (κ3) is 3.92. The average Bonchev–Trinajstić information content (AvgIpc) is 2.33. The van der Waals surface area contributed by atoms with Gasteiger partial charge >= 0.3 is 10.4 Å². The summed E-state index contributed by atoms with van der Waals surface area (Å²) in [6.07, 6.45) is 3.39. The molecule has 0 amide bonds. The van der Waals surface area contributed by atoms with Crippen molar-refractivity contribution in [3.05, 3.63) is 11.9 Å². The normalized spacial score (nSPS) is 15.6. The van der Waals surface area contributed by atoms with Crippen molar-refractivity contribution in [3.63, 3.8) is 0 Å². The van der Waals surface area contributed by atoms with E-state index in [1.165, 1.54) is 12.5 Å². The smallest absolute Gasteiger partial charge is 0.476 e. The number of aryl methyl sites for hydroxylation is 1. The number of nitrogens with two attached hydrogens (primary N) is 1. The SMILES string of the molecule is Cc1nc(N2CCCCC2)cc(N)[n+]1OS(=O)(=O)O.[OH-]. The highest BCUT2D eigenvalue weighted by atomic mass is 32.3. The molecule has 1 aliphatic rings. The van der Waals surface area contributed by atoms with Gasteiger partial charge in [0.05, 0.1) is 6.07 Å². The summed E-state index contributed by atoms with van der Waals surface area (Å²) in [6.45, 7) is 3.35. The van der Waals surface area contributed by atoms with Gasteiger partial charge in [0, 0.05) is 20.0 Å². The van der Waals surface area contributed by atoms with Crippen molar-refractivity contribution in [1.29, 1.82) is 0 Å². The first-order chi connectivity index (χ1) is 8.87. The molecule has 0 unspecified atom stereocenters. The third-order valence-corrected chi connectivity index (χ3v) is 3.27. The van der Waals surface area contributed by atoms with E-state index in [4.69, 9.17) is 10.3 Å². The highest BCUT2D eigenvalue weighted by Crippen LogP contribution is 2.18. The Morgan fingerprint density at radius 3 is 2.50 bits per heavy atom. The van der Waals surface area contributed by atoms with Crippen molar-refractivity contribution in [2.45, 2.75) is 26.2 Å². The van der Waals surface area contributed by atoms with Gasteiger partial charge in [0.25, 0.3) is 11.6 Å². The Morgan fingerprint density at radius 1 is 1.40 bits per heavy atom. The molecule has 0 radical (unpaired) electrons. The van der Waals surface area contributed by atoms with Crippen molar-refractivity contribution in [1.82, 2.24) is 4.98 Å². The number of rotatable bonds is 3. The van der Waals surface area contributed by atoms with Crippen LogP contribution in [0, 0.1) is 6.92 Å². The van der Waals surface area contributed by atoms with Crippen molar-refractivity contribution in [3.8, 4) is 0 Å². The summed E-state index contributed by atoms with van der Waals surface area (Å²) in [5, 5.41) is 0. The quantitative estimate of drug-likeness (QED) is 0.552. The van der Waals surface area contributed by atoms with Gasteiger partial charge in [-0.1, -0.05) is 4.98 Å². The van der Waals surface area contributed by atoms with E-state index in [0.717, 1.165) is 30.7 Å². The molecule has 2 heterocycles. The largest absolute Gasteiger partial charge is 0.870 e. The summed E-state index contributed by atoms with van der Waals surface area (Å²) >= 11 is 0. The summed E-state index contributed by atoms with van der Waals surface area (Å²) in [7, 11) is -4.63. The van der Waals surface area contributed by atoms with Crippen LogP contribution in [0.15, 0.2) is 6.07 Å². The standard InChI is InChI=1S/C10H16N4O4S.H2O/c1-8-12-10(13-5-3-2-4-6-13)7-9(11)14(8)18-19(15,16)17;/h7,11H,2-6H2,1H3,(H,15,16,17);1H2. The van der Waals surface area contributed by atoms with E-state index in [1.807, 2.05) is 0 Å². The first-order valence-corrected chi connectivity index (χ1v) is 7.35. The number of nitrogen functional groups attached to an aromatic ring is 1. The third-order valence-electron chi connectivity index (χ3n) is 2.93. The Bertz CT molecular complexity index is 548. The first kappa shape index (κ1) is 16.4. The molecule has 10 heteroatoms. The molecule has 0 saturated carbocycles. The zero-order valence-corrected chi connectivity index (χ0v) is 11.9. The lowest BCUT2D eigenvalue weighted by Gasteiger charge is -2.26. The van der Waals surface area contributed by atoms with Crippen LogP contribution in [0.1, 0.15) is 25.1 Å². The minimum Gasteiger partial charge on any atom is -0.870 e. The molecule has 9 nitrogen and oxygen atoms in total. The average molecular weight is 306 g/mol. The van der Waals surface area contributed by atoms with E-state index in [9.17, 15) is 8.42 Å². The summed E-state index contributed by atoms with van der Waals surface area (Å²) in [5.74, 6) is 0.994. The highest BCUT2D eigenvalue weighted by molar-refractivity contribution is 7.80. The maximum atomic E-state index is 10.7. The number of aromatic nitrogens is 2. The van der Waals surface area contributed by atoms with Crippen LogP contribution in [0.5, 0.6) is 0 Å². The molecule has 0 aromatic carbocycles. The molecule has 0 aliphatic carbocycles. The summed E-state index contributed by atoms with van der Waals surface area (Å²) in [4.78, 5) is 6.34. The molecule has 0 atom stereocenters. The minimum absolute atomic E-state index is 0. The molecule has 1 saturated heterocycles. The van der Waals surface area contributed by atoms with Gasteiger partial charge in [-0.2, -0.15) is 8.42 Å². The second-order valence-electron chi connectivity index (χ2n) is 4.43. The van der Waals surface area contributed by atoms with E-state index < -0.39 is 10.4 Å². The fourth-order valence-corrected chi connectivity index (χ4v) is 2.48. The van der Waals surface area contributed by atoms with E-state index in [0.29, 0.717) is 5.82 Å². The molecule has 1 fully saturated rings. The van der Waals surface area contributed by atoms with Crippen molar-refractivity contribution >= 4 is 22.0 Å². The Morgan fingerprint density at radius 2 is 2.00 bits per heavy atom. The second kappa shape index (κ2) is 6.20. The summed E-state index contributed by atoms with van der Waals surface area (Å²) in [6, 6.07) is 1.53. The molecule has 1 aromatic rings. The predicted molar refractivity (Wildman–Crippen MR) is 69.7 cm³/mol. The second-order valence-corrected chi connectivity index (χ2v) is 5.44. The number of nitrogens with zero attached hydrogens (tertiary/aromatic N) is 3. The Kier molecular flexibility index (Phi) is 5.09. The van der Waals surface area contributed by atoms with Crippen LogP contribution in [0.3, 0.4) is 0 Å². The molecular formula is C10H18N4O5S. The molecule has 0 spiro atoms. The molecule has 1 aromatic heterocycles. The summed E-state index contributed by atoms with van der Waals surface area (Å²) < 4.78 is 35.2. The molecular weight excluding hydrogens is 288 g/mol. The van der Waals surface area contributed by atoms with E-state index in [2.05, 4.69) is 14.2 Å². The Balaban J connectivity index is 0.00000200. The fourth-order valence-electron chi connectivity index (χ4n) is 2.10. The van der Waals surface area contributed by atoms with Crippen molar-refractivity contribution in [2.24, 2.45) is 0 Å². The fraction of sp³-hybridized carbons (Fsp3) is 0.600. The minimum atomic E-state index is -4.63. The molecule has 4 N–H and O–H groups in total. The van der Waals surface area contributed by atoms with Gasteiger partial charge in [0.2, 0.25) is 5.82 Å². The highest BCUT2D eigenvalue weighted by Gasteiger charge is 2.23. The zero-order chi connectivity index (χ0) is 14.0. The Hall–Kier alpha value is -1.65. The van der Waals surface area contributed by atoms with E-state index in [-0.39, 0.29) is 17.1 Å². The molecule has 114 valence electrons. The van der Waals surface area contributed by atoms with Gasteiger partial charge in [-0.05, 0) is 24.0 Å². The molecule has 0 bridgehead atoms. The van der Waals surface area contributed by atoms with Crippen LogP contribution in [0.25, 0.3) is 0 Å². The van der Waals surface area contributed by atoms with Crippen LogP contribution < -0.4 is 19.6 Å². The van der Waals surface area contributed by atoms with E-state index in [1.54, 1.807) is 6.92 Å². The summed E-state index contributed by atoms with van der Waals surface area (Å²) in [5.41, 5.74) is 5.73. The van der Waals surface area contributed by atoms with Gasteiger partial charge in [-0.15, -0.1) is 0 Å². The number of hydrogen-bond acceptors (Lipinski definition) is 7. The van der Waals surface area contributed by atoms with Gasteiger partial charge < -0.3 is 16.1 Å². The van der Waals surface area contributed by atoms with Gasteiger partial charge in [-0.25, -0.2) is 4.28 Å². The lowest BCUT2D eigenvalue weighted by Crippen LogP contribution is -2.51. The van der Waals surface area contributed by atoms with Crippen LogP contribution in [0.4, 0.5) is 11.6 Å². The monoisotopic (exact) mass is 306 g/mol.